The Morgan fingerprint density at radius 3 is 2.63 bits per heavy atom. The molecule has 0 aliphatic carbocycles. The zero-order valence-corrected chi connectivity index (χ0v) is 15.7. The largest absolute Gasteiger partial charge is 0.493 e. The van der Waals surface area contributed by atoms with E-state index in [1.165, 1.54) is 12.5 Å². The highest BCUT2D eigenvalue weighted by atomic mass is 16.6. The van der Waals surface area contributed by atoms with Crippen LogP contribution in [0.1, 0.15) is 24.5 Å². The van der Waals surface area contributed by atoms with Crippen molar-refractivity contribution in [3.8, 4) is 17.6 Å². The summed E-state index contributed by atoms with van der Waals surface area (Å²) < 4.78 is 10.4. The van der Waals surface area contributed by atoms with Gasteiger partial charge < -0.3 is 9.47 Å². The molecule has 0 aromatic heterocycles. The number of nitrogens with zero attached hydrogens (tertiary/aromatic N) is 2. The fourth-order valence-electron chi connectivity index (χ4n) is 2.65. The van der Waals surface area contributed by atoms with E-state index in [0.717, 1.165) is 18.7 Å². The second-order valence-corrected chi connectivity index (χ2v) is 6.04. The maximum Gasteiger partial charge on any atom is 0.308 e. The average Bonchev–Trinajstić information content (AvgIpc) is 2.67. The first-order chi connectivity index (χ1) is 13.1. The van der Waals surface area contributed by atoms with Gasteiger partial charge in [-0.2, -0.15) is 5.26 Å². The number of rotatable bonds is 9. The monoisotopic (exact) mass is 364 g/mol. The first-order valence-electron chi connectivity index (χ1n) is 8.78. The smallest absolute Gasteiger partial charge is 0.308 e. The van der Waals surface area contributed by atoms with E-state index in [9.17, 15) is 4.79 Å². The van der Waals surface area contributed by atoms with Crippen molar-refractivity contribution >= 4 is 12.0 Å². The van der Waals surface area contributed by atoms with Crippen LogP contribution in [0.5, 0.6) is 11.5 Å². The minimum absolute atomic E-state index is 0.384. The van der Waals surface area contributed by atoms with E-state index in [1.54, 1.807) is 13.2 Å². The standard InChI is InChI=1S/C22H24N2O3/c1-18(25)27-21-12-11-19(16-22(21)26-2)10-6-14-24(15-7-13-23)17-20-8-4-3-5-9-20/h3-6,8-12,16H,7,14-15,17H2,1-2H3. The summed E-state index contributed by atoms with van der Waals surface area (Å²) in [6.45, 7) is 3.59. The van der Waals surface area contributed by atoms with Crippen LogP contribution >= 0.6 is 0 Å². The Hall–Kier alpha value is -3.10. The SMILES string of the molecule is COc1cc(C=CCN(CCC#N)Cc2ccccc2)ccc1OC(C)=O. The molecular formula is C22H24N2O3. The minimum atomic E-state index is -0.384. The molecule has 0 heterocycles. The molecule has 0 saturated heterocycles. The molecule has 0 atom stereocenters. The second-order valence-electron chi connectivity index (χ2n) is 6.04. The molecule has 5 heteroatoms. The minimum Gasteiger partial charge on any atom is -0.493 e. The van der Waals surface area contributed by atoms with E-state index in [1.807, 2.05) is 36.4 Å². The normalized spacial score (nSPS) is 10.7. The van der Waals surface area contributed by atoms with Gasteiger partial charge in [-0.15, -0.1) is 0 Å². The number of ether oxygens (including phenoxy) is 2. The van der Waals surface area contributed by atoms with Crippen LogP contribution in [0.25, 0.3) is 6.08 Å². The Kier molecular flexibility index (Phi) is 8.08. The third kappa shape index (κ3) is 6.96. The number of carbonyl (C=O) groups excluding carboxylic acids is 1. The lowest BCUT2D eigenvalue weighted by atomic mass is 10.1. The highest BCUT2D eigenvalue weighted by Crippen LogP contribution is 2.28. The van der Waals surface area contributed by atoms with Crippen molar-refractivity contribution in [2.24, 2.45) is 0 Å². The maximum atomic E-state index is 11.1. The van der Waals surface area contributed by atoms with Crippen molar-refractivity contribution in [1.82, 2.24) is 4.90 Å². The molecule has 0 aliphatic heterocycles. The lowest BCUT2D eigenvalue weighted by Gasteiger charge is -2.19. The first-order valence-corrected chi connectivity index (χ1v) is 8.78. The molecule has 0 unspecified atom stereocenters. The van der Waals surface area contributed by atoms with E-state index >= 15 is 0 Å². The number of benzene rings is 2. The van der Waals surface area contributed by atoms with Crippen molar-refractivity contribution in [3.05, 3.63) is 65.7 Å². The number of hydrogen-bond donors (Lipinski definition) is 0. The molecule has 2 aromatic rings. The second kappa shape index (κ2) is 10.8. The number of esters is 1. The zero-order valence-electron chi connectivity index (χ0n) is 15.7. The van der Waals surface area contributed by atoms with Gasteiger partial charge in [-0.3, -0.25) is 9.69 Å². The average molecular weight is 364 g/mol. The maximum absolute atomic E-state index is 11.1. The summed E-state index contributed by atoms with van der Waals surface area (Å²) in [6, 6.07) is 17.8. The van der Waals surface area contributed by atoms with Gasteiger partial charge in [0.2, 0.25) is 0 Å². The van der Waals surface area contributed by atoms with Crippen LogP contribution in [0.15, 0.2) is 54.6 Å². The summed E-state index contributed by atoms with van der Waals surface area (Å²) in [5, 5.41) is 8.89. The van der Waals surface area contributed by atoms with E-state index < -0.39 is 0 Å². The highest BCUT2D eigenvalue weighted by Gasteiger charge is 2.07. The third-order valence-electron chi connectivity index (χ3n) is 3.90. The van der Waals surface area contributed by atoms with Crippen molar-refractivity contribution in [1.29, 1.82) is 5.26 Å². The van der Waals surface area contributed by atoms with Gasteiger partial charge in [-0.25, -0.2) is 0 Å². The van der Waals surface area contributed by atoms with Crippen LogP contribution in [0.4, 0.5) is 0 Å². The molecule has 0 radical (unpaired) electrons. The summed E-state index contributed by atoms with van der Waals surface area (Å²) in [6.07, 6.45) is 4.54. The molecule has 0 bridgehead atoms. The van der Waals surface area contributed by atoms with Gasteiger partial charge in [0, 0.05) is 33.0 Å². The summed E-state index contributed by atoms with van der Waals surface area (Å²) in [7, 11) is 1.54. The molecule has 5 nitrogen and oxygen atoms in total. The van der Waals surface area contributed by atoms with Gasteiger partial charge >= 0.3 is 5.97 Å². The van der Waals surface area contributed by atoms with Gasteiger partial charge in [0.25, 0.3) is 0 Å². The van der Waals surface area contributed by atoms with Crippen LogP contribution in [-0.2, 0) is 11.3 Å². The number of nitriles is 1. The zero-order chi connectivity index (χ0) is 19.5. The highest BCUT2D eigenvalue weighted by molar-refractivity contribution is 5.71. The summed E-state index contributed by atoms with van der Waals surface area (Å²) in [5.74, 6) is 0.533. The summed E-state index contributed by atoms with van der Waals surface area (Å²) in [5.41, 5.74) is 2.17. The summed E-state index contributed by atoms with van der Waals surface area (Å²) >= 11 is 0. The number of hydrogen-bond acceptors (Lipinski definition) is 5. The Labute approximate surface area is 160 Å². The topological polar surface area (TPSA) is 62.6 Å². The van der Waals surface area contributed by atoms with E-state index in [0.29, 0.717) is 24.5 Å². The van der Waals surface area contributed by atoms with Gasteiger partial charge in [-0.05, 0) is 23.3 Å². The van der Waals surface area contributed by atoms with Gasteiger partial charge in [-0.1, -0.05) is 48.6 Å². The number of methoxy groups -OCH3 is 1. The Morgan fingerprint density at radius 1 is 1.19 bits per heavy atom. The fraction of sp³-hybridized carbons (Fsp3) is 0.273. The molecule has 0 aliphatic rings. The van der Waals surface area contributed by atoms with Crippen LogP contribution < -0.4 is 9.47 Å². The van der Waals surface area contributed by atoms with Gasteiger partial charge in [0.05, 0.1) is 13.2 Å². The Bertz CT molecular complexity index is 810. The van der Waals surface area contributed by atoms with E-state index in [4.69, 9.17) is 14.7 Å². The lowest BCUT2D eigenvalue weighted by Crippen LogP contribution is -2.24. The molecule has 0 saturated carbocycles. The molecule has 27 heavy (non-hydrogen) atoms. The van der Waals surface area contributed by atoms with Crippen molar-refractivity contribution < 1.29 is 14.3 Å². The van der Waals surface area contributed by atoms with Gasteiger partial charge in [0.15, 0.2) is 11.5 Å². The molecule has 2 aromatic carbocycles. The first kappa shape index (κ1) is 20.2. The lowest BCUT2D eigenvalue weighted by molar-refractivity contribution is -0.132. The van der Waals surface area contributed by atoms with Crippen molar-refractivity contribution in [2.75, 3.05) is 20.2 Å². The molecule has 2 rings (SSSR count). The van der Waals surface area contributed by atoms with Crippen LogP contribution in [-0.4, -0.2) is 31.1 Å². The van der Waals surface area contributed by atoms with Crippen LogP contribution in [0, 0.1) is 11.3 Å². The number of carbonyl (C=O) groups is 1. The molecule has 0 amide bonds. The Morgan fingerprint density at radius 2 is 1.96 bits per heavy atom. The predicted molar refractivity (Wildman–Crippen MR) is 105 cm³/mol. The molecule has 140 valence electrons. The Balaban J connectivity index is 2.03. The van der Waals surface area contributed by atoms with Crippen molar-refractivity contribution in [2.45, 2.75) is 19.9 Å². The van der Waals surface area contributed by atoms with Crippen LogP contribution in [0.2, 0.25) is 0 Å². The van der Waals surface area contributed by atoms with E-state index in [-0.39, 0.29) is 5.97 Å². The fourth-order valence-corrected chi connectivity index (χ4v) is 2.65. The van der Waals surface area contributed by atoms with Crippen LogP contribution in [0.3, 0.4) is 0 Å². The molecule has 0 spiro atoms. The molecule has 0 N–H and O–H groups in total. The molecule has 0 fully saturated rings. The summed E-state index contributed by atoms with van der Waals surface area (Å²) in [4.78, 5) is 13.4. The third-order valence-corrected chi connectivity index (χ3v) is 3.90. The van der Waals surface area contributed by atoms with Gasteiger partial charge in [0.1, 0.15) is 0 Å². The quantitative estimate of drug-likeness (QED) is 0.496. The van der Waals surface area contributed by atoms with Crippen molar-refractivity contribution in [3.63, 3.8) is 0 Å². The molecular weight excluding hydrogens is 340 g/mol. The van der Waals surface area contributed by atoms with E-state index in [2.05, 4.69) is 29.2 Å². The predicted octanol–water partition coefficient (Wildman–Crippen LogP) is 4.05.